The third-order valence-corrected chi connectivity index (χ3v) is 4.23. The Balaban J connectivity index is 1.72. The van der Waals surface area contributed by atoms with Crippen molar-refractivity contribution in [1.29, 1.82) is 0 Å². The van der Waals surface area contributed by atoms with Crippen molar-refractivity contribution in [2.45, 2.75) is 0 Å². The van der Waals surface area contributed by atoms with E-state index in [0.29, 0.717) is 10.2 Å². The fourth-order valence-corrected chi connectivity index (χ4v) is 2.87. The van der Waals surface area contributed by atoms with Crippen molar-refractivity contribution in [3.63, 3.8) is 0 Å². The molecule has 0 aliphatic heterocycles. The number of hydrogen-bond donors (Lipinski definition) is 1. The molecular weight excluding hydrogens is 380 g/mol. The molecule has 0 atom stereocenters. The zero-order chi connectivity index (χ0) is 17.1. The van der Waals surface area contributed by atoms with E-state index in [2.05, 4.69) is 21.2 Å². The van der Waals surface area contributed by atoms with Crippen molar-refractivity contribution < 1.29 is 18.3 Å². The Hall–Kier alpha value is -2.47. The van der Waals surface area contributed by atoms with Crippen LogP contribution in [0.5, 0.6) is 5.75 Å². The standard InChI is InChI=1S/C18H12BrF2NO2/c19-17-12-5-2-1-4-11(12)8-9-15(17)24-10-16(23)22-18-13(20)6-3-7-14(18)21/h1-9H,10H2,(H,22,23). The van der Waals surface area contributed by atoms with Gasteiger partial charge in [0.05, 0.1) is 4.47 Å². The largest absolute Gasteiger partial charge is 0.483 e. The van der Waals surface area contributed by atoms with Gasteiger partial charge in [0.2, 0.25) is 0 Å². The van der Waals surface area contributed by atoms with Crippen LogP contribution in [0.1, 0.15) is 0 Å². The molecule has 3 nitrogen and oxygen atoms in total. The molecule has 3 rings (SSSR count). The summed E-state index contributed by atoms with van der Waals surface area (Å²) in [6.07, 6.45) is 0. The first kappa shape index (κ1) is 16.4. The van der Waals surface area contributed by atoms with Gasteiger partial charge in [-0.25, -0.2) is 8.78 Å². The molecule has 0 spiro atoms. The second-order valence-corrected chi connectivity index (χ2v) is 5.83. The van der Waals surface area contributed by atoms with Gasteiger partial charge >= 0.3 is 0 Å². The number of fused-ring (bicyclic) bond motifs is 1. The molecule has 0 radical (unpaired) electrons. The molecule has 6 heteroatoms. The first-order valence-corrected chi connectivity index (χ1v) is 7.89. The molecule has 0 saturated carbocycles. The van der Waals surface area contributed by atoms with Gasteiger partial charge in [-0.2, -0.15) is 0 Å². The third-order valence-electron chi connectivity index (χ3n) is 3.41. The van der Waals surface area contributed by atoms with E-state index >= 15 is 0 Å². The highest BCUT2D eigenvalue weighted by Gasteiger charge is 2.13. The summed E-state index contributed by atoms with van der Waals surface area (Å²) in [5.74, 6) is -1.86. The molecule has 0 fully saturated rings. The van der Waals surface area contributed by atoms with Crippen LogP contribution in [-0.2, 0) is 4.79 Å². The highest BCUT2D eigenvalue weighted by atomic mass is 79.9. The van der Waals surface area contributed by atoms with Gasteiger partial charge in [0, 0.05) is 0 Å². The van der Waals surface area contributed by atoms with Gasteiger partial charge in [-0.15, -0.1) is 0 Å². The summed E-state index contributed by atoms with van der Waals surface area (Å²) in [6, 6.07) is 14.6. The van der Waals surface area contributed by atoms with Crippen molar-refractivity contribution in [1.82, 2.24) is 0 Å². The molecule has 0 unspecified atom stereocenters. The minimum Gasteiger partial charge on any atom is -0.483 e. The maximum atomic E-state index is 13.5. The number of carbonyl (C=O) groups is 1. The van der Waals surface area contributed by atoms with Gasteiger partial charge in [0.15, 0.2) is 6.61 Å². The Morgan fingerprint density at radius 1 is 1.00 bits per heavy atom. The first-order chi connectivity index (χ1) is 11.6. The van der Waals surface area contributed by atoms with Crippen LogP contribution in [0.4, 0.5) is 14.5 Å². The van der Waals surface area contributed by atoms with E-state index in [1.165, 1.54) is 6.07 Å². The van der Waals surface area contributed by atoms with Gasteiger partial charge in [-0.3, -0.25) is 4.79 Å². The molecule has 0 aliphatic rings. The summed E-state index contributed by atoms with van der Waals surface area (Å²) in [6.45, 7) is -0.370. The number of carbonyl (C=O) groups excluding carboxylic acids is 1. The number of anilines is 1. The van der Waals surface area contributed by atoms with Gasteiger partial charge in [-0.1, -0.05) is 36.4 Å². The summed E-state index contributed by atoms with van der Waals surface area (Å²) < 4.78 is 33.2. The molecule has 1 amide bonds. The van der Waals surface area contributed by atoms with E-state index in [4.69, 9.17) is 4.74 Å². The van der Waals surface area contributed by atoms with Crippen molar-refractivity contribution in [2.24, 2.45) is 0 Å². The van der Waals surface area contributed by atoms with E-state index in [9.17, 15) is 13.6 Å². The van der Waals surface area contributed by atoms with E-state index in [1.54, 1.807) is 6.07 Å². The lowest BCUT2D eigenvalue weighted by molar-refractivity contribution is -0.118. The lowest BCUT2D eigenvalue weighted by Crippen LogP contribution is -2.21. The highest BCUT2D eigenvalue weighted by Crippen LogP contribution is 2.33. The molecule has 1 N–H and O–H groups in total. The van der Waals surface area contributed by atoms with Crippen LogP contribution in [0.25, 0.3) is 10.8 Å². The number of amides is 1. The zero-order valence-electron chi connectivity index (χ0n) is 12.4. The number of halogens is 3. The predicted octanol–water partition coefficient (Wildman–Crippen LogP) is 4.90. The van der Waals surface area contributed by atoms with Crippen molar-refractivity contribution in [3.05, 3.63) is 70.7 Å². The van der Waals surface area contributed by atoms with Crippen LogP contribution in [-0.4, -0.2) is 12.5 Å². The molecular formula is C18H12BrF2NO2. The van der Waals surface area contributed by atoms with Crippen LogP contribution in [0.15, 0.2) is 59.1 Å². The Morgan fingerprint density at radius 3 is 2.46 bits per heavy atom. The van der Waals surface area contributed by atoms with Crippen LogP contribution in [0.3, 0.4) is 0 Å². The summed E-state index contributed by atoms with van der Waals surface area (Å²) >= 11 is 3.45. The minimum absolute atomic E-state index is 0.370. The molecule has 122 valence electrons. The normalized spacial score (nSPS) is 10.6. The van der Waals surface area contributed by atoms with E-state index in [1.807, 2.05) is 30.3 Å². The van der Waals surface area contributed by atoms with E-state index in [0.717, 1.165) is 22.9 Å². The van der Waals surface area contributed by atoms with Crippen molar-refractivity contribution >= 4 is 38.3 Å². The van der Waals surface area contributed by atoms with Gasteiger partial charge in [0.25, 0.3) is 5.91 Å². The summed E-state index contributed by atoms with van der Waals surface area (Å²) in [7, 11) is 0. The molecule has 0 aliphatic carbocycles. The second-order valence-electron chi connectivity index (χ2n) is 5.03. The predicted molar refractivity (Wildman–Crippen MR) is 92.1 cm³/mol. The number of nitrogens with one attached hydrogen (secondary N) is 1. The third kappa shape index (κ3) is 3.38. The zero-order valence-corrected chi connectivity index (χ0v) is 13.9. The molecule has 0 bridgehead atoms. The number of rotatable bonds is 4. The SMILES string of the molecule is O=C(COc1ccc2ccccc2c1Br)Nc1c(F)cccc1F. The minimum atomic E-state index is -0.838. The topological polar surface area (TPSA) is 38.3 Å². The molecule has 0 saturated heterocycles. The molecule has 24 heavy (non-hydrogen) atoms. The number of para-hydroxylation sites is 1. The number of benzene rings is 3. The van der Waals surface area contributed by atoms with Crippen molar-refractivity contribution in [3.8, 4) is 5.75 Å². The first-order valence-electron chi connectivity index (χ1n) is 7.10. The molecule has 3 aromatic carbocycles. The maximum absolute atomic E-state index is 13.5. The smallest absolute Gasteiger partial charge is 0.262 e. The van der Waals surface area contributed by atoms with Gasteiger partial charge in [-0.05, 0) is 44.9 Å². The average molecular weight is 392 g/mol. The number of ether oxygens (including phenoxy) is 1. The van der Waals surface area contributed by atoms with E-state index in [-0.39, 0.29) is 6.61 Å². The summed E-state index contributed by atoms with van der Waals surface area (Å²) in [5, 5.41) is 4.14. The van der Waals surface area contributed by atoms with Crippen LogP contribution >= 0.6 is 15.9 Å². The Labute approximate surface area is 145 Å². The Morgan fingerprint density at radius 2 is 1.71 bits per heavy atom. The Kier molecular flexibility index (Phi) is 4.76. The second kappa shape index (κ2) is 6.97. The van der Waals surface area contributed by atoms with Crippen LogP contribution in [0, 0.1) is 11.6 Å². The van der Waals surface area contributed by atoms with Crippen LogP contribution < -0.4 is 10.1 Å². The number of hydrogen-bond acceptors (Lipinski definition) is 2. The van der Waals surface area contributed by atoms with Gasteiger partial charge < -0.3 is 10.1 Å². The maximum Gasteiger partial charge on any atom is 0.262 e. The summed E-state index contributed by atoms with van der Waals surface area (Å²) in [4.78, 5) is 11.9. The molecule has 0 heterocycles. The molecule has 0 aromatic heterocycles. The lowest BCUT2D eigenvalue weighted by atomic mass is 10.1. The van der Waals surface area contributed by atoms with Crippen LogP contribution in [0.2, 0.25) is 0 Å². The Bertz CT molecular complexity index is 894. The van der Waals surface area contributed by atoms with E-state index < -0.39 is 23.2 Å². The fraction of sp³-hybridized carbons (Fsp3) is 0.0556. The summed E-state index contributed by atoms with van der Waals surface area (Å²) in [5.41, 5.74) is -0.483. The highest BCUT2D eigenvalue weighted by molar-refractivity contribution is 9.10. The van der Waals surface area contributed by atoms with Gasteiger partial charge in [0.1, 0.15) is 23.1 Å². The average Bonchev–Trinajstić information content (AvgIpc) is 2.58. The monoisotopic (exact) mass is 391 g/mol. The fourth-order valence-electron chi connectivity index (χ4n) is 2.26. The lowest BCUT2D eigenvalue weighted by Gasteiger charge is -2.11. The van der Waals surface area contributed by atoms with Crippen molar-refractivity contribution in [2.75, 3.05) is 11.9 Å². The quantitative estimate of drug-likeness (QED) is 0.686. The molecule has 3 aromatic rings.